The van der Waals surface area contributed by atoms with E-state index in [1.165, 1.54) is 25.7 Å². The molecule has 0 N–H and O–H groups in total. The number of aryl methyl sites for hydroxylation is 1. The number of imidazole rings is 1. The second-order valence-corrected chi connectivity index (χ2v) is 7.72. The SMILES string of the molecule is CSC1CCCC(n2c(C(C)Cl)nc3ccc(C)nc32)C1. The van der Waals surface area contributed by atoms with Crippen LogP contribution in [-0.2, 0) is 0 Å². The molecule has 5 heteroatoms. The number of aromatic nitrogens is 3. The molecule has 2 aromatic heterocycles. The molecule has 114 valence electrons. The molecule has 0 saturated heterocycles. The van der Waals surface area contributed by atoms with Gasteiger partial charge in [-0.25, -0.2) is 9.97 Å². The molecule has 0 bridgehead atoms. The fourth-order valence-corrected chi connectivity index (χ4v) is 4.27. The van der Waals surface area contributed by atoms with Crippen molar-refractivity contribution in [1.82, 2.24) is 14.5 Å². The number of alkyl halides is 1. The van der Waals surface area contributed by atoms with Crippen molar-refractivity contribution >= 4 is 34.5 Å². The van der Waals surface area contributed by atoms with E-state index < -0.39 is 0 Å². The summed E-state index contributed by atoms with van der Waals surface area (Å²) in [6.45, 7) is 4.03. The van der Waals surface area contributed by atoms with Crippen LogP contribution in [0.15, 0.2) is 12.1 Å². The van der Waals surface area contributed by atoms with Gasteiger partial charge in [0, 0.05) is 17.0 Å². The number of fused-ring (bicyclic) bond motifs is 1. The van der Waals surface area contributed by atoms with Gasteiger partial charge in [-0.1, -0.05) is 6.42 Å². The molecule has 0 amide bonds. The van der Waals surface area contributed by atoms with Crippen LogP contribution < -0.4 is 0 Å². The Hall–Kier alpha value is -0.740. The molecule has 1 saturated carbocycles. The first-order valence-corrected chi connectivity index (χ1v) is 9.35. The zero-order chi connectivity index (χ0) is 15.0. The number of rotatable bonds is 3. The summed E-state index contributed by atoms with van der Waals surface area (Å²) in [5, 5.41) is 0.652. The van der Waals surface area contributed by atoms with Gasteiger partial charge in [0.25, 0.3) is 0 Å². The van der Waals surface area contributed by atoms with Crippen LogP contribution in [0.4, 0.5) is 0 Å². The van der Waals surface area contributed by atoms with E-state index in [4.69, 9.17) is 21.6 Å². The summed E-state index contributed by atoms with van der Waals surface area (Å²) in [6, 6.07) is 4.56. The van der Waals surface area contributed by atoms with Crippen molar-refractivity contribution in [2.45, 2.75) is 56.2 Å². The molecule has 0 radical (unpaired) electrons. The lowest BCUT2D eigenvalue weighted by Crippen LogP contribution is -2.22. The van der Waals surface area contributed by atoms with E-state index in [0.717, 1.165) is 27.9 Å². The summed E-state index contributed by atoms with van der Waals surface area (Å²) in [5.41, 5.74) is 3.01. The van der Waals surface area contributed by atoms with Crippen LogP contribution in [0.5, 0.6) is 0 Å². The van der Waals surface area contributed by atoms with Gasteiger partial charge in [0.05, 0.1) is 5.38 Å². The predicted octanol–water partition coefficient (Wildman–Crippen LogP) is 4.89. The number of pyridine rings is 1. The Morgan fingerprint density at radius 1 is 1.33 bits per heavy atom. The second kappa shape index (κ2) is 6.17. The topological polar surface area (TPSA) is 30.7 Å². The monoisotopic (exact) mass is 323 g/mol. The Bertz CT molecular complexity index is 638. The summed E-state index contributed by atoms with van der Waals surface area (Å²) in [6.07, 6.45) is 7.21. The standard InChI is InChI=1S/C16H22ClN3S/c1-10-7-8-14-16(18-10)20(15(19-14)11(2)17)12-5-4-6-13(9-12)21-3/h7-8,11-13H,4-6,9H2,1-3H3. The van der Waals surface area contributed by atoms with Crippen molar-refractivity contribution in [1.29, 1.82) is 0 Å². The molecule has 2 heterocycles. The molecular weight excluding hydrogens is 302 g/mol. The Kier molecular flexibility index (Phi) is 4.46. The lowest BCUT2D eigenvalue weighted by atomic mass is 9.94. The average molecular weight is 324 g/mol. The van der Waals surface area contributed by atoms with E-state index in [2.05, 4.69) is 16.9 Å². The highest BCUT2D eigenvalue weighted by molar-refractivity contribution is 7.99. The van der Waals surface area contributed by atoms with E-state index in [1.807, 2.05) is 31.7 Å². The van der Waals surface area contributed by atoms with Crippen LogP contribution in [0.2, 0.25) is 0 Å². The van der Waals surface area contributed by atoms with Gasteiger partial charge in [-0.2, -0.15) is 11.8 Å². The van der Waals surface area contributed by atoms with E-state index in [0.29, 0.717) is 6.04 Å². The zero-order valence-corrected chi connectivity index (χ0v) is 14.4. The van der Waals surface area contributed by atoms with Gasteiger partial charge in [0.15, 0.2) is 5.65 Å². The van der Waals surface area contributed by atoms with Gasteiger partial charge in [-0.3, -0.25) is 0 Å². The molecule has 3 atom stereocenters. The normalized spacial score (nSPS) is 24.4. The smallest absolute Gasteiger partial charge is 0.160 e. The van der Waals surface area contributed by atoms with Crippen LogP contribution in [0, 0.1) is 6.92 Å². The van der Waals surface area contributed by atoms with Crippen LogP contribution in [0.3, 0.4) is 0 Å². The maximum absolute atomic E-state index is 6.39. The molecule has 3 unspecified atom stereocenters. The first-order valence-electron chi connectivity index (χ1n) is 7.62. The van der Waals surface area contributed by atoms with Crippen molar-refractivity contribution in [3.63, 3.8) is 0 Å². The van der Waals surface area contributed by atoms with E-state index >= 15 is 0 Å². The number of hydrogen-bond acceptors (Lipinski definition) is 3. The summed E-state index contributed by atoms with van der Waals surface area (Å²) in [4.78, 5) is 9.48. The maximum Gasteiger partial charge on any atom is 0.160 e. The van der Waals surface area contributed by atoms with Crippen LogP contribution in [-0.4, -0.2) is 26.0 Å². The Labute approximate surface area is 135 Å². The van der Waals surface area contributed by atoms with Gasteiger partial charge in [0.1, 0.15) is 11.3 Å². The summed E-state index contributed by atoms with van der Waals surface area (Å²) >= 11 is 8.38. The number of thioether (sulfide) groups is 1. The van der Waals surface area contributed by atoms with E-state index in [-0.39, 0.29) is 5.38 Å². The van der Waals surface area contributed by atoms with Crippen molar-refractivity contribution in [3.05, 3.63) is 23.7 Å². The molecule has 21 heavy (non-hydrogen) atoms. The highest BCUT2D eigenvalue weighted by Crippen LogP contribution is 2.38. The Morgan fingerprint density at radius 2 is 2.14 bits per heavy atom. The van der Waals surface area contributed by atoms with Gasteiger partial charge >= 0.3 is 0 Å². The molecule has 0 aromatic carbocycles. The first-order chi connectivity index (χ1) is 10.1. The zero-order valence-electron chi connectivity index (χ0n) is 12.8. The second-order valence-electron chi connectivity index (χ2n) is 5.93. The fourth-order valence-electron chi connectivity index (χ4n) is 3.30. The lowest BCUT2D eigenvalue weighted by molar-refractivity contribution is 0.358. The Morgan fingerprint density at radius 3 is 2.86 bits per heavy atom. The summed E-state index contributed by atoms with van der Waals surface area (Å²) in [5.74, 6) is 0.969. The molecule has 2 aromatic rings. The highest BCUT2D eigenvalue weighted by Gasteiger charge is 2.27. The molecule has 1 aliphatic rings. The molecule has 3 nitrogen and oxygen atoms in total. The van der Waals surface area contributed by atoms with Gasteiger partial charge in [0.2, 0.25) is 0 Å². The van der Waals surface area contributed by atoms with Crippen molar-refractivity contribution in [2.24, 2.45) is 0 Å². The highest BCUT2D eigenvalue weighted by atomic mass is 35.5. The average Bonchev–Trinajstić information content (AvgIpc) is 2.86. The maximum atomic E-state index is 6.39. The molecule has 1 aliphatic carbocycles. The van der Waals surface area contributed by atoms with Gasteiger partial charge in [-0.15, -0.1) is 11.6 Å². The number of halogens is 1. The first kappa shape index (κ1) is 15.2. The fraction of sp³-hybridized carbons (Fsp3) is 0.625. The molecule has 1 fully saturated rings. The van der Waals surface area contributed by atoms with Crippen LogP contribution in [0.25, 0.3) is 11.2 Å². The minimum Gasteiger partial charge on any atom is -0.308 e. The molecule has 3 rings (SSSR count). The molecule has 0 spiro atoms. The van der Waals surface area contributed by atoms with Crippen molar-refractivity contribution < 1.29 is 0 Å². The summed E-state index contributed by atoms with van der Waals surface area (Å²) < 4.78 is 2.32. The van der Waals surface area contributed by atoms with Crippen LogP contribution in [0.1, 0.15) is 55.5 Å². The minimum atomic E-state index is -0.0887. The Balaban J connectivity index is 2.10. The molecule has 0 aliphatic heterocycles. The third kappa shape index (κ3) is 2.93. The lowest BCUT2D eigenvalue weighted by Gasteiger charge is -2.30. The van der Waals surface area contributed by atoms with E-state index in [9.17, 15) is 0 Å². The third-order valence-electron chi connectivity index (χ3n) is 4.36. The third-order valence-corrected chi connectivity index (χ3v) is 5.65. The van der Waals surface area contributed by atoms with Crippen molar-refractivity contribution in [2.75, 3.05) is 6.26 Å². The summed E-state index contributed by atoms with van der Waals surface area (Å²) in [7, 11) is 0. The van der Waals surface area contributed by atoms with Crippen molar-refractivity contribution in [3.8, 4) is 0 Å². The molecular formula is C16H22ClN3S. The number of nitrogens with zero attached hydrogens (tertiary/aromatic N) is 3. The quantitative estimate of drug-likeness (QED) is 0.754. The number of hydrogen-bond donors (Lipinski definition) is 0. The predicted molar refractivity (Wildman–Crippen MR) is 91.3 cm³/mol. The van der Waals surface area contributed by atoms with Gasteiger partial charge in [-0.05, 0) is 51.5 Å². The minimum absolute atomic E-state index is 0.0887. The van der Waals surface area contributed by atoms with Gasteiger partial charge < -0.3 is 4.57 Å². The van der Waals surface area contributed by atoms with E-state index in [1.54, 1.807) is 0 Å². The largest absolute Gasteiger partial charge is 0.308 e. The van der Waals surface area contributed by atoms with Crippen LogP contribution >= 0.6 is 23.4 Å².